The molecule has 1 heterocycles. The van der Waals surface area contributed by atoms with E-state index in [0.717, 1.165) is 11.3 Å². The Balaban J connectivity index is 2.05. The van der Waals surface area contributed by atoms with Crippen LogP contribution in [0.15, 0.2) is 47.6 Å². The Labute approximate surface area is 149 Å². The van der Waals surface area contributed by atoms with Crippen molar-refractivity contribution in [3.63, 3.8) is 0 Å². The van der Waals surface area contributed by atoms with Crippen LogP contribution in [0.2, 0.25) is 15.1 Å². The summed E-state index contributed by atoms with van der Waals surface area (Å²) in [6.45, 7) is 1.88. The highest BCUT2D eigenvalue weighted by Gasteiger charge is 2.29. The first-order valence-electron chi connectivity index (χ1n) is 7.07. The molecule has 1 unspecified atom stereocenters. The Bertz CT molecular complexity index is 767. The number of amides is 1. The maximum Gasteiger partial charge on any atom is 0.250 e. The predicted molar refractivity (Wildman–Crippen MR) is 95.7 cm³/mol. The summed E-state index contributed by atoms with van der Waals surface area (Å²) < 4.78 is 0. The van der Waals surface area contributed by atoms with Gasteiger partial charge in [-0.2, -0.15) is 5.10 Å². The molecular formula is C17H13Cl3N2O. The molecule has 1 amide bonds. The van der Waals surface area contributed by atoms with E-state index in [-0.39, 0.29) is 11.8 Å². The van der Waals surface area contributed by atoms with Crippen molar-refractivity contribution >= 4 is 52.1 Å². The third kappa shape index (κ3) is 3.52. The molecule has 0 radical (unpaired) electrons. The highest BCUT2D eigenvalue weighted by molar-refractivity contribution is 6.35. The van der Waals surface area contributed by atoms with Gasteiger partial charge in [0.1, 0.15) is 0 Å². The number of rotatable bonds is 2. The zero-order valence-corrected chi connectivity index (χ0v) is 14.5. The van der Waals surface area contributed by atoms with Crippen molar-refractivity contribution in [2.45, 2.75) is 13.3 Å². The Kier molecular flexibility index (Phi) is 4.62. The Morgan fingerprint density at radius 3 is 2.22 bits per heavy atom. The normalized spacial score (nSPS) is 18.1. The molecule has 2 aromatic carbocycles. The Morgan fingerprint density at radius 2 is 1.61 bits per heavy atom. The number of benzene rings is 2. The standard InChI is InChI=1S/C17H13Cl3N2O/c1-10-6-16(11-2-4-12(18)5-3-11)21-22(17(10)23)15-8-13(19)7-14(20)9-15/h2-5,7-10H,6H2,1H3. The van der Waals surface area contributed by atoms with Crippen LogP contribution in [0.1, 0.15) is 18.9 Å². The first kappa shape index (κ1) is 16.3. The number of nitrogens with zero attached hydrogens (tertiary/aromatic N) is 2. The molecule has 2 aromatic rings. The van der Waals surface area contributed by atoms with Crippen molar-refractivity contribution in [1.82, 2.24) is 0 Å². The molecule has 0 saturated heterocycles. The van der Waals surface area contributed by atoms with Crippen molar-refractivity contribution < 1.29 is 4.79 Å². The van der Waals surface area contributed by atoms with Gasteiger partial charge in [-0.25, -0.2) is 5.01 Å². The van der Waals surface area contributed by atoms with E-state index in [2.05, 4.69) is 5.10 Å². The minimum absolute atomic E-state index is 0.0824. The molecule has 118 valence electrons. The lowest BCUT2D eigenvalue weighted by Crippen LogP contribution is -2.37. The summed E-state index contributed by atoms with van der Waals surface area (Å²) in [7, 11) is 0. The van der Waals surface area contributed by atoms with Crippen LogP contribution in [0.5, 0.6) is 0 Å². The second-order valence-corrected chi connectivity index (χ2v) is 6.75. The van der Waals surface area contributed by atoms with Crippen LogP contribution >= 0.6 is 34.8 Å². The van der Waals surface area contributed by atoms with E-state index in [1.54, 1.807) is 30.3 Å². The number of carbonyl (C=O) groups excluding carboxylic acids is 1. The van der Waals surface area contributed by atoms with Gasteiger partial charge >= 0.3 is 0 Å². The van der Waals surface area contributed by atoms with E-state index in [1.807, 2.05) is 19.1 Å². The number of anilines is 1. The molecule has 1 atom stereocenters. The lowest BCUT2D eigenvalue weighted by Gasteiger charge is -2.28. The van der Waals surface area contributed by atoms with E-state index < -0.39 is 0 Å². The third-order valence-corrected chi connectivity index (χ3v) is 4.31. The first-order valence-corrected chi connectivity index (χ1v) is 8.21. The molecule has 3 nitrogen and oxygen atoms in total. The summed E-state index contributed by atoms with van der Waals surface area (Å²) in [5, 5.41) is 7.46. The van der Waals surface area contributed by atoms with Gasteiger partial charge in [0.2, 0.25) is 0 Å². The summed E-state index contributed by atoms with van der Waals surface area (Å²) in [5.41, 5.74) is 2.32. The average Bonchev–Trinajstić information content (AvgIpc) is 2.49. The van der Waals surface area contributed by atoms with E-state index in [4.69, 9.17) is 34.8 Å². The lowest BCUT2D eigenvalue weighted by atomic mass is 9.96. The van der Waals surface area contributed by atoms with Gasteiger partial charge in [0, 0.05) is 27.4 Å². The molecule has 23 heavy (non-hydrogen) atoms. The summed E-state index contributed by atoms with van der Waals surface area (Å²) in [6.07, 6.45) is 0.575. The van der Waals surface area contributed by atoms with Crippen LogP contribution in [0.25, 0.3) is 0 Å². The summed E-state index contributed by atoms with van der Waals surface area (Å²) in [4.78, 5) is 12.5. The lowest BCUT2D eigenvalue weighted by molar-refractivity contribution is -0.122. The number of halogens is 3. The smallest absolute Gasteiger partial charge is 0.250 e. The fourth-order valence-electron chi connectivity index (χ4n) is 2.46. The molecule has 0 bridgehead atoms. The van der Waals surface area contributed by atoms with Crippen molar-refractivity contribution in [2.24, 2.45) is 11.0 Å². The van der Waals surface area contributed by atoms with Crippen LogP contribution in [-0.4, -0.2) is 11.6 Å². The van der Waals surface area contributed by atoms with Crippen LogP contribution in [-0.2, 0) is 4.79 Å². The Morgan fingerprint density at radius 1 is 1.00 bits per heavy atom. The van der Waals surface area contributed by atoms with Gasteiger partial charge in [-0.1, -0.05) is 53.9 Å². The predicted octanol–water partition coefficient (Wildman–Crippen LogP) is 5.42. The molecule has 0 saturated carbocycles. The fraction of sp³-hybridized carbons (Fsp3) is 0.176. The highest BCUT2D eigenvalue weighted by atomic mass is 35.5. The number of hydrogen-bond acceptors (Lipinski definition) is 2. The molecule has 0 aliphatic carbocycles. The molecule has 3 rings (SSSR count). The molecule has 0 fully saturated rings. The molecular weight excluding hydrogens is 355 g/mol. The molecule has 1 aliphatic rings. The first-order chi connectivity index (χ1) is 10.9. The number of carbonyl (C=O) groups is 1. The van der Waals surface area contributed by atoms with E-state index in [1.165, 1.54) is 5.01 Å². The van der Waals surface area contributed by atoms with Gasteiger partial charge in [0.25, 0.3) is 5.91 Å². The SMILES string of the molecule is CC1CC(c2ccc(Cl)cc2)=NN(c2cc(Cl)cc(Cl)c2)C1=O. The zero-order valence-electron chi connectivity index (χ0n) is 12.3. The van der Waals surface area contributed by atoms with Crippen LogP contribution in [0, 0.1) is 5.92 Å². The Hall–Kier alpha value is -1.55. The van der Waals surface area contributed by atoms with Gasteiger partial charge < -0.3 is 0 Å². The quantitative estimate of drug-likeness (QED) is 0.697. The second kappa shape index (κ2) is 6.52. The monoisotopic (exact) mass is 366 g/mol. The van der Waals surface area contributed by atoms with Crippen molar-refractivity contribution in [1.29, 1.82) is 0 Å². The summed E-state index contributed by atoms with van der Waals surface area (Å²) in [6, 6.07) is 12.4. The second-order valence-electron chi connectivity index (χ2n) is 5.44. The van der Waals surface area contributed by atoms with E-state index in [9.17, 15) is 4.79 Å². The van der Waals surface area contributed by atoms with Gasteiger partial charge in [-0.3, -0.25) is 4.79 Å². The molecule has 0 aromatic heterocycles. The van der Waals surface area contributed by atoms with Crippen LogP contribution in [0.4, 0.5) is 5.69 Å². The van der Waals surface area contributed by atoms with Gasteiger partial charge in [-0.05, 0) is 35.9 Å². The molecule has 6 heteroatoms. The van der Waals surface area contributed by atoms with Gasteiger partial charge in [0.15, 0.2) is 0 Å². The minimum atomic E-state index is -0.184. The molecule has 0 spiro atoms. The van der Waals surface area contributed by atoms with Crippen LogP contribution < -0.4 is 5.01 Å². The maximum absolute atomic E-state index is 12.5. The topological polar surface area (TPSA) is 32.7 Å². The van der Waals surface area contributed by atoms with E-state index >= 15 is 0 Å². The largest absolute Gasteiger partial charge is 0.272 e. The number of hydrazone groups is 1. The van der Waals surface area contributed by atoms with E-state index in [0.29, 0.717) is 27.2 Å². The van der Waals surface area contributed by atoms with Gasteiger partial charge in [0.05, 0.1) is 11.4 Å². The fourth-order valence-corrected chi connectivity index (χ4v) is 3.10. The van der Waals surface area contributed by atoms with Crippen molar-refractivity contribution in [2.75, 3.05) is 5.01 Å². The van der Waals surface area contributed by atoms with Gasteiger partial charge in [-0.15, -0.1) is 0 Å². The molecule has 0 N–H and O–H groups in total. The molecule has 1 aliphatic heterocycles. The van der Waals surface area contributed by atoms with Crippen LogP contribution in [0.3, 0.4) is 0 Å². The zero-order chi connectivity index (χ0) is 16.6. The average molecular weight is 368 g/mol. The maximum atomic E-state index is 12.5. The number of hydrogen-bond donors (Lipinski definition) is 0. The summed E-state index contributed by atoms with van der Waals surface area (Å²) >= 11 is 18.0. The van der Waals surface area contributed by atoms with Crippen molar-refractivity contribution in [3.05, 3.63) is 63.1 Å². The highest BCUT2D eigenvalue weighted by Crippen LogP contribution is 2.30. The van der Waals surface area contributed by atoms with Crippen molar-refractivity contribution in [3.8, 4) is 0 Å². The third-order valence-electron chi connectivity index (χ3n) is 3.62. The minimum Gasteiger partial charge on any atom is -0.272 e. The summed E-state index contributed by atoms with van der Waals surface area (Å²) in [5.74, 6) is -0.267.